The zero-order valence-electron chi connectivity index (χ0n) is 11.6. The minimum Gasteiger partial charge on any atom is -0.222 e. The standard InChI is InChI=1S/C16H19N3S/c1-2-4-8-13(9-5-3-1)17-12-18-16-19-14-10-6-7-11-15(14)20-16/h6-7,10-11,13H,1-5,8-9H2. The van der Waals surface area contributed by atoms with E-state index in [-0.39, 0.29) is 0 Å². The molecule has 0 saturated heterocycles. The Kier molecular flexibility index (Phi) is 4.57. The average molecular weight is 285 g/mol. The Morgan fingerprint density at radius 1 is 1.05 bits per heavy atom. The van der Waals surface area contributed by atoms with Gasteiger partial charge in [0.2, 0.25) is 5.13 Å². The minimum absolute atomic E-state index is 0.411. The largest absolute Gasteiger partial charge is 0.222 e. The topological polar surface area (TPSA) is 37.6 Å². The Morgan fingerprint density at radius 3 is 2.60 bits per heavy atom. The summed E-state index contributed by atoms with van der Waals surface area (Å²) in [6, 6.07) is 11.4. The maximum Gasteiger partial charge on any atom is 0.220 e. The van der Waals surface area contributed by atoms with Crippen LogP contribution in [0.3, 0.4) is 0 Å². The number of aliphatic imine (C=N–C) groups is 2. The molecular formula is C16H19N3S. The van der Waals surface area contributed by atoms with E-state index in [1.807, 2.05) is 18.2 Å². The van der Waals surface area contributed by atoms with Gasteiger partial charge in [0.15, 0.2) is 0 Å². The van der Waals surface area contributed by atoms with Crippen molar-refractivity contribution in [3.8, 4) is 0 Å². The van der Waals surface area contributed by atoms with Gasteiger partial charge in [0.25, 0.3) is 0 Å². The summed E-state index contributed by atoms with van der Waals surface area (Å²) in [7, 11) is 0. The van der Waals surface area contributed by atoms with Crippen molar-refractivity contribution in [2.75, 3.05) is 0 Å². The molecule has 0 spiro atoms. The van der Waals surface area contributed by atoms with Crippen LogP contribution in [0.2, 0.25) is 0 Å². The fourth-order valence-electron chi connectivity index (χ4n) is 2.62. The van der Waals surface area contributed by atoms with Gasteiger partial charge in [-0.25, -0.2) is 9.98 Å². The molecule has 1 aromatic carbocycles. The Bertz CT molecular complexity index is 584. The highest BCUT2D eigenvalue weighted by Crippen LogP contribution is 2.27. The van der Waals surface area contributed by atoms with Crippen LogP contribution < -0.4 is 0 Å². The van der Waals surface area contributed by atoms with Gasteiger partial charge in [0, 0.05) is 0 Å². The summed E-state index contributed by atoms with van der Waals surface area (Å²) in [6.07, 6.45) is 9.02. The van der Waals surface area contributed by atoms with E-state index in [0.29, 0.717) is 6.04 Å². The van der Waals surface area contributed by atoms with Crippen molar-refractivity contribution < 1.29 is 0 Å². The van der Waals surface area contributed by atoms with Crippen molar-refractivity contribution in [3.63, 3.8) is 0 Å². The van der Waals surface area contributed by atoms with E-state index < -0.39 is 0 Å². The number of nitrogens with zero attached hydrogens (tertiary/aromatic N) is 3. The molecule has 1 aliphatic rings. The smallest absolute Gasteiger partial charge is 0.220 e. The first-order chi connectivity index (χ1) is 9.92. The van der Waals surface area contributed by atoms with Gasteiger partial charge in [-0.3, -0.25) is 0 Å². The predicted molar refractivity (Wildman–Crippen MR) is 85.3 cm³/mol. The predicted octanol–water partition coefficient (Wildman–Crippen LogP) is 5.21. The van der Waals surface area contributed by atoms with Gasteiger partial charge in [-0.1, -0.05) is 55.6 Å². The van der Waals surface area contributed by atoms with Crippen LogP contribution in [0.15, 0.2) is 34.3 Å². The van der Waals surface area contributed by atoms with Crippen molar-refractivity contribution in [2.45, 2.75) is 51.0 Å². The molecule has 104 valence electrons. The molecule has 0 bridgehead atoms. The number of aromatic nitrogens is 1. The summed E-state index contributed by atoms with van der Waals surface area (Å²) in [6.45, 7) is 0. The lowest BCUT2D eigenvalue weighted by molar-refractivity contribution is 0.456. The van der Waals surface area contributed by atoms with E-state index in [0.717, 1.165) is 10.6 Å². The first-order valence-corrected chi connectivity index (χ1v) is 8.24. The lowest BCUT2D eigenvalue weighted by atomic mass is 9.97. The highest BCUT2D eigenvalue weighted by Gasteiger charge is 2.08. The molecular weight excluding hydrogens is 266 g/mol. The van der Waals surface area contributed by atoms with Gasteiger partial charge < -0.3 is 0 Å². The molecule has 0 aliphatic heterocycles. The van der Waals surface area contributed by atoms with Gasteiger partial charge in [-0.15, -0.1) is 0 Å². The van der Waals surface area contributed by atoms with Crippen LogP contribution in [-0.2, 0) is 0 Å². The Hall–Kier alpha value is -1.51. The maximum atomic E-state index is 4.50. The summed E-state index contributed by atoms with van der Waals surface area (Å²) >= 11 is 1.59. The van der Waals surface area contributed by atoms with Gasteiger partial charge in [-0.2, -0.15) is 4.99 Å². The first kappa shape index (κ1) is 13.5. The SMILES string of the molecule is C(=Nc1nc2ccccc2s1)=NC1CCCCCCC1. The Balaban J connectivity index is 1.70. The fraction of sp³-hybridized carbons (Fsp3) is 0.500. The van der Waals surface area contributed by atoms with Crippen LogP contribution >= 0.6 is 11.3 Å². The second-order valence-corrected chi connectivity index (χ2v) is 6.31. The van der Waals surface area contributed by atoms with Crippen LogP contribution in [0.5, 0.6) is 0 Å². The number of rotatable bonds is 2. The monoisotopic (exact) mass is 285 g/mol. The number of thiazole rings is 1. The normalized spacial score (nSPS) is 17.2. The lowest BCUT2D eigenvalue weighted by Gasteiger charge is -2.13. The van der Waals surface area contributed by atoms with Gasteiger partial charge in [0.05, 0.1) is 22.3 Å². The molecule has 1 fully saturated rings. The summed E-state index contributed by atoms with van der Waals surface area (Å²) < 4.78 is 1.17. The van der Waals surface area contributed by atoms with Gasteiger partial charge in [0.1, 0.15) is 0 Å². The van der Waals surface area contributed by atoms with Crippen molar-refractivity contribution in [3.05, 3.63) is 24.3 Å². The number of hydrogen-bond acceptors (Lipinski definition) is 4. The second kappa shape index (κ2) is 6.78. The summed E-state index contributed by atoms with van der Waals surface area (Å²) in [4.78, 5) is 13.2. The molecule has 0 unspecified atom stereocenters. The number of fused-ring (bicyclic) bond motifs is 1. The van der Waals surface area contributed by atoms with Crippen LogP contribution in [0.25, 0.3) is 10.2 Å². The summed E-state index contributed by atoms with van der Waals surface area (Å²) in [5.74, 6) is 0. The molecule has 0 N–H and O–H groups in total. The highest BCUT2D eigenvalue weighted by atomic mass is 32.1. The molecule has 2 aromatic rings. The van der Waals surface area contributed by atoms with Crippen LogP contribution in [0.4, 0.5) is 5.13 Å². The molecule has 0 amide bonds. The third-order valence-corrected chi connectivity index (χ3v) is 4.67. The fourth-order valence-corrected chi connectivity index (χ4v) is 3.42. The molecule has 0 radical (unpaired) electrons. The van der Waals surface area contributed by atoms with E-state index in [9.17, 15) is 0 Å². The van der Waals surface area contributed by atoms with Crippen molar-refractivity contribution >= 4 is 32.7 Å². The van der Waals surface area contributed by atoms with Crippen molar-refractivity contribution in [2.24, 2.45) is 9.98 Å². The van der Waals surface area contributed by atoms with E-state index in [4.69, 9.17) is 0 Å². The molecule has 1 heterocycles. The van der Waals surface area contributed by atoms with E-state index in [1.54, 1.807) is 11.3 Å². The number of hydrogen-bond donors (Lipinski definition) is 0. The van der Waals surface area contributed by atoms with Crippen molar-refractivity contribution in [1.82, 2.24) is 4.98 Å². The summed E-state index contributed by atoms with van der Waals surface area (Å²) in [5.41, 5.74) is 1.00. The number of benzene rings is 1. The Labute approximate surface area is 123 Å². The lowest BCUT2D eigenvalue weighted by Crippen LogP contribution is -2.06. The summed E-state index contributed by atoms with van der Waals surface area (Å²) in [5, 5.41) is 0.751. The second-order valence-electron chi connectivity index (χ2n) is 5.30. The van der Waals surface area contributed by atoms with E-state index >= 15 is 0 Å². The van der Waals surface area contributed by atoms with Crippen LogP contribution in [0.1, 0.15) is 44.9 Å². The molecule has 1 aliphatic carbocycles. The number of para-hydroxylation sites is 1. The van der Waals surface area contributed by atoms with Crippen LogP contribution in [-0.4, -0.2) is 17.0 Å². The Morgan fingerprint density at radius 2 is 1.80 bits per heavy atom. The minimum atomic E-state index is 0.411. The highest BCUT2D eigenvalue weighted by molar-refractivity contribution is 7.21. The van der Waals surface area contributed by atoms with E-state index in [1.165, 1.54) is 49.6 Å². The molecule has 1 saturated carbocycles. The maximum absolute atomic E-state index is 4.50. The molecule has 3 nitrogen and oxygen atoms in total. The quantitative estimate of drug-likeness (QED) is 0.697. The first-order valence-electron chi connectivity index (χ1n) is 7.43. The molecule has 4 heteroatoms. The van der Waals surface area contributed by atoms with Gasteiger partial charge in [-0.05, 0) is 25.0 Å². The third-order valence-electron chi connectivity index (χ3n) is 3.74. The van der Waals surface area contributed by atoms with Gasteiger partial charge >= 0.3 is 0 Å². The molecule has 20 heavy (non-hydrogen) atoms. The zero-order chi connectivity index (χ0) is 13.6. The molecule has 0 atom stereocenters. The molecule has 3 rings (SSSR count). The average Bonchev–Trinajstić information content (AvgIpc) is 2.83. The van der Waals surface area contributed by atoms with Crippen LogP contribution in [0, 0.1) is 0 Å². The third kappa shape index (κ3) is 3.53. The van der Waals surface area contributed by atoms with E-state index in [2.05, 4.69) is 27.0 Å². The van der Waals surface area contributed by atoms with Crippen molar-refractivity contribution in [1.29, 1.82) is 0 Å². The molecule has 1 aromatic heterocycles. The zero-order valence-corrected chi connectivity index (χ0v) is 12.4.